The van der Waals surface area contributed by atoms with Crippen LogP contribution in [0.1, 0.15) is 25.8 Å². The number of allylic oxidation sites excluding steroid dienone is 3. The Kier molecular flexibility index (Phi) is 2.70. The maximum atomic E-state index is 12.8. The zero-order valence-electron chi connectivity index (χ0n) is 11.2. The first-order valence-electron chi connectivity index (χ1n) is 6.67. The first-order chi connectivity index (χ1) is 8.98. The minimum Gasteiger partial charge on any atom is -0.295 e. The molecule has 98 valence electrons. The molecule has 0 amide bonds. The Labute approximate surface area is 112 Å². The van der Waals surface area contributed by atoms with Gasteiger partial charge in [-0.2, -0.15) is 0 Å². The molecule has 1 saturated carbocycles. The Morgan fingerprint density at radius 3 is 2.42 bits per heavy atom. The quantitative estimate of drug-likeness (QED) is 0.781. The molecule has 3 aliphatic carbocycles. The zero-order valence-corrected chi connectivity index (χ0v) is 11.2. The van der Waals surface area contributed by atoms with Crippen LogP contribution in [0.3, 0.4) is 0 Å². The third-order valence-electron chi connectivity index (χ3n) is 4.66. The van der Waals surface area contributed by atoms with Gasteiger partial charge in [0.1, 0.15) is 5.82 Å². The smallest absolute Gasteiger partial charge is 0.159 e. The summed E-state index contributed by atoms with van der Waals surface area (Å²) in [4.78, 5) is 12.0. The molecule has 0 aromatic heterocycles. The van der Waals surface area contributed by atoms with Crippen LogP contribution in [0.15, 0.2) is 42.0 Å². The van der Waals surface area contributed by atoms with Gasteiger partial charge < -0.3 is 0 Å². The van der Waals surface area contributed by atoms with E-state index >= 15 is 0 Å². The molecule has 4 rings (SSSR count). The van der Waals surface area contributed by atoms with E-state index in [2.05, 4.69) is 13.8 Å². The van der Waals surface area contributed by atoms with E-state index in [0.29, 0.717) is 5.92 Å². The highest BCUT2D eigenvalue weighted by Gasteiger charge is 2.54. The second-order valence-corrected chi connectivity index (χ2v) is 6.09. The molecule has 19 heavy (non-hydrogen) atoms. The molecule has 3 aliphatic rings. The normalized spacial score (nSPS) is 28.2. The maximum absolute atomic E-state index is 12.8. The van der Waals surface area contributed by atoms with Crippen molar-refractivity contribution in [1.29, 1.82) is 0 Å². The van der Waals surface area contributed by atoms with Crippen LogP contribution in [0.5, 0.6) is 0 Å². The molecular weight excluding hydrogens is 239 g/mol. The molecule has 1 aromatic rings. The average Bonchev–Trinajstić information content (AvgIpc) is 2.37. The summed E-state index contributed by atoms with van der Waals surface area (Å²) in [6, 6.07) is 6.38. The molecule has 0 N–H and O–H groups in total. The number of fused-ring (bicyclic) bond motifs is 1. The number of ketones is 1. The first kappa shape index (κ1) is 12.3. The van der Waals surface area contributed by atoms with Gasteiger partial charge in [-0.25, -0.2) is 4.39 Å². The molecule has 0 heterocycles. The molecule has 0 saturated heterocycles. The topological polar surface area (TPSA) is 17.1 Å². The van der Waals surface area contributed by atoms with Gasteiger partial charge in [-0.1, -0.05) is 38.1 Å². The molecule has 1 nitrogen and oxygen atoms in total. The first-order valence-corrected chi connectivity index (χ1v) is 6.67. The van der Waals surface area contributed by atoms with Gasteiger partial charge in [0.25, 0.3) is 0 Å². The number of carbonyl (C=O) groups is 1. The maximum Gasteiger partial charge on any atom is 0.159 e. The van der Waals surface area contributed by atoms with Crippen LogP contribution in [0.2, 0.25) is 0 Å². The molecule has 0 aliphatic heterocycles. The zero-order chi connectivity index (χ0) is 13.6. The van der Waals surface area contributed by atoms with Gasteiger partial charge in [-0.3, -0.25) is 4.79 Å². The van der Waals surface area contributed by atoms with E-state index in [1.807, 2.05) is 12.2 Å². The summed E-state index contributed by atoms with van der Waals surface area (Å²) in [7, 11) is 0. The van der Waals surface area contributed by atoms with Crippen molar-refractivity contribution in [1.82, 2.24) is 0 Å². The fraction of sp³-hybridized carbons (Fsp3) is 0.353. The standard InChI is InChI=1S/C17H17FO/c1-17(2)14-10-15(17)16(19)9-12(14)6-3-11-4-7-13(18)8-5-11/h3-9,14-15H,10H2,1-2H3/b6-3+/t14-,15+/m0/s1. The largest absolute Gasteiger partial charge is 0.295 e. The molecule has 1 aromatic carbocycles. The van der Waals surface area contributed by atoms with Crippen molar-refractivity contribution < 1.29 is 9.18 Å². The highest BCUT2D eigenvalue weighted by Crippen LogP contribution is 2.58. The minimum atomic E-state index is -0.229. The van der Waals surface area contributed by atoms with E-state index < -0.39 is 0 Å². The highest BCUT2D eigenvalue weighted by atomic mass is 19.1. The molecule has 0 spiro atoms. The molecule has 0 unspecified atom stereocenters. The third kappa shape index (κ3) is 1.95. The predicted molar refractivity (Wildman–Crippen MR) is 73.9 cm³/mol. The van der Waals surface area contributed by atoms with Crippen LogP contribution in [-0.4, -0.2) is 5.78 Å². The van der Waals surface area contributed by atoms with Crippen LogP contribution < -0.4 is 0 Å². The van der Waals surface area contributed by atoms with Gasteiger partial charge in [0, 0.05) is 5.92 Å². The van der Waals surface area contributed by atoms with Crippen LogP contribution in [-0.2, 0) is 4.79 Å². The van der Waals surface area contributed by atoms with Crippen LogP contribution >= 0.6 is 0 Å². The summed E-state index contributed by atoms with van der Waals surface area (Å²) in [6.45, 7) is 4.34. The molecule has 2 atom stereocenters. The Morgan fingerprint density at radius 1 is 1.16 bits per heavy atom. The van der Waals surface area contributed by atoms with Gasteiger partial charge in [-0.05, 0) is 47.1 Å². The number of rotatable bonds is 2. The lowest BCUT2D eigenvalue weighted by molar-refractivity contribution is -0.133. The summed E-state index contributed by atoms with van der Waals surface area (Å²) in [6.07, 6.45) is 6.72. The average molecular weight is 256 g/mol. The van der Waals surface area contributed by atoms with Crippen molar-refractivity contribution in [3.63, 3.8) is 0 Å². The Morgan fingerprint density at radius 2 is 1.84 bits per heavy atom. The lowest BCUT2D eigenvalue weighted by Crippen LogP contribution is -2.52. The molecule has 1 fully saturated rings. The van der Waals surface area contributed by atoms with Crippen molar-refractivity contribution in [3.8, 4) is 0 Å². The highest BCUT2D eigenvalue weighted by molar-refractivity contribution is 5.96. The Balaban J connectivity index is 1.84. The van der Waals surface area contributed by atoms with E-state index in [-0.39, 0.29) is 22.9 Å². The number of hydrogen-bond donors (Lipinski definition) is 0. The van der Waals surface area contributed by atoms with Crippen molar-refractivity contribution >= 4 is 11.9 Å². The molecule has 0 radical (unpaired) electrons. The van der Waals surface area contributed by atoms with Crippen LogP contribution in [0.25, 0.3) is 6.08 Å². The van der Waals surface area contributed by atoms with Gasteiger partial charge in [0.2, 0.25) is 0 Å². The van der Waals surface area contributed by atoms with Crippen molar-refractivity contribution in [2.75, 3.05) is 0 Å². The van der Waals surface area contributed by atoms with Gasteiger partial charge >= 0.3 is 0 Å². The predicted octanol–water partition coefficient (Wildman–Crippen LogP) is 4.01. The van der Waals surface area contributed by atoms with E-state index in [1.54, 1.807) is 18.2 Å². The number of hydrogen-bond acceptors (Lipinski definition) is 1. The lowest BCUT2D eigenvalue weighted by Gasteiger charge is -2.54. The molecule has 2 bridgehead atoms. The van der Waals surface area contributed by atoms with Gasteiger partial charge in [-0.15, -0.1) is 0 Å². The third-order valence-corrected chi connectivity index (χ3v) is 4.66. The second kappa shape index (κ2) is 4.16. The van der Waals surface area contributed by atoms with Crippen molar-refractivity contribution in [3.05, 3.63) is 53.4 Å². The fourth-order valence-electron chi connectivity index (χ4n) is 3.27. The molecule has 2 heteroatoms. The van der Waals surface area contributed by atoms with Gasteiger partial charge in [0.05, 0.1) is 0 Å². The summed E-state index contributed by atoms with van der Waals surface area (Å²) >= 11 is 0. The van der Waals surface area contributed by atoms with Crippen molar-refractivity contribution in [2.24, 2.45) is 17.3 Å². The van der Waals surface area contributed by atoms with Gasteiger partial charge in [0.15, 0.2) is 5.78 Å². The van der Waals surface area contributed by atoms with Crippen molar-refractivity contribution in [2.45, 2.75) is 20.3 Å². The lowest BCUT2D eigenvalue weighted by atomic mass is 9.48. The summed E-state index contributed by atoms with van der Waals surface area (Å²) in [5.74, 6) is 0.714. The Hall–Kier alpha value is -1.70. The van der Waals surface area contributed by atoms with Crippen LogP contribution in [0.4, 0.5) is 4.39 Å². The minimum absolute atomic E-state index is 0.0916. The number of carbonyl (C=O) groups excluding carboxylic acids is 1. The summed E-state index contributed by atoms with van der Waals surface area (Å²) in [5, 5.41) is 0. The van der Waals surface area contributed by atoms with E-state index in [4.69, 9.17) is 0 Å². The Bertz CT molecular complexity index is 578. The van der Waals surface area contributed by atoms with E-state index in [9.17, 15) is 9.18 Å². The molecular formula is C17H17FO. The van der Waals surface area contributed by atoms with E-state index in [0.717, 1.165) is 17.6 Å². The summed E-state index contributed by atoms with van der Waals surface area (Å²) < 4.78 is 12.8. The van der Waals surface area contributed by atoms with E-state index in [1.165, 1.54) is 12.1 Å². The summed E-state index contributed by atoms with van der Waals surface area (Å²) in [5.41, 5.74) is 2.16. The van der Waals surface area contributed by atoms with Crippen LogP contribution in [0, 0.1) is 23.1 Å². The fourth-order valence-corrected chi connectivity index (χ4v) is 3.27. The second-order valence-electron chi connectivity index (χ2n) is 6.09. The number of halogens is 1. The monoisotopic (exact) mass is 256 g/mol. The number of benzene rings is 1. The SMILES string of the molecule is CC1(C)[C@@H]2C[C@H]1C(/C=C/c1ccc(F)cc1)=CC2=O.